The van der Waals surface area contributed by atoms with Crippen LogP contribution < -0.4 is 0 Å². The minimum Gasteiger partial charge on any atom is -0.378 e. The van der Waals surface area contributed by atoms with Crippen LogP contribution in [0.4, 0.5) is 0 Å². The minimum atomic E-state index is 0.252. The van der Waals surface area contributed by atoms with Crippen LogP contribution in [0.15, 0.2) is 18.2 Å². The number of carbonyl (C=O) groups is 1. The molecule has 2 saturated heterocycles. The van der Waals surface area contributed by atoms with E-state index in [9.17, 15) is 4.79 Å². The average Bonchev–Trinajstić information content (AvgIpc) is 2.56. The molecule has 0 aliphatic carbocycles. The van der Waals surface area contributed by atoms with Gasteiger partial charge in [-0.2, -0.15) is 0 Å². The van der Waals surface area contributed by atoms with E-state index in [4.69, 9.17) is 4.74 Å². The quantitative estimate of drug-likeness (QED) is 0.844. The van der Waals surface area contributed by atoms with Gasteiger partial charge in [-0.15, -0.1) is 0 Å². The van der Waals surface area contributed by atoms with Crippen LogP contribution in [0, 0.1) is 12.8 Å². The van der Waals surface area contributed by atoms with Gasteiger partial charge in [-0.3, -0.25) is 14.7 Å². The SMILES string of the molecule is Cc1cccc(C[C@@H]2CCCN(CC(=O)N3CCOCC3)C2)n1. The molecule has 1 aromatic heterocycles. The van der Waals surface area contributed by atoms with Gasteiger partial charge in [0.05, 0.1) is 19.8 Å². The van der Waals surface area contributed by atoms with Gasteiger partial charge < -0.3 is 9.64 Å². The van der Waals surface area contributed by atoms with Crippen LogP contribution in [0.3, 0.4) is 0 Å². The maximum absolute atomic E-state index is 12.4. The summed E-state index contributed by atoms with van der Waals surface area (Å²) >= 11 is 0. The number of aromatic nitrogens is 1. The van der Waals surface area contributed by atoms with Crippen LogP contribution in [-0.2, 0) is 16.0 Å². The first-order chi connectivity index (χ1) is 11.2. The van der Waals surface area contributed by atoms with Gasteiger partial charge in [0.25, 0.3) is 0 Å². The summed E-state index contributed by atoms with van der Waals surface area (Å²) in [6.07, 6.45) is 3.43. The van der Waals surface area contributed by atoms with Gasteiger partial charge in [-0.1, -0.05) is 6.07 Å². The number of pyridine rings is 1. The number of hydrogen-bond donors (Lipinski definition) is 0. The smallest absolute Gasteiger partial charge is 0.236 e. The molecule has 1 atom stereocenters. The van der Waals surface area contributed by atoms with Crippen molar-refractivity contribution in [2.24, 2.45) is 5.92 Å². The van der Waals surface area contributed by atoms with Gasteiger partial charge in [0.2, 0.25) is 5.91 Å². The number of aryl methyl sites for hydroxylation is 1. The zero-order chi connectivity index (χ0) is 16.1. The first-order valence-corrected chi connectivity index (χ1v) is 8.71. The maximum Gasteiger partial charge on any atom is 0.236 e. The van der Waals surface area contributed by atoms with E-state index in [-0.39, 0.29) is 5.91 Å². The molecule has 2 fully saturated rings. The third-order valence-electron chi connectivity index (χ3n) is 4.77. The number of likely N-dealkylation sites (tertiary alicyclic amines) is 1. The summed E-state index contributed by atoms with van der Waals surface area (Å²) in [5.74, 6) is 0.859. The Morgan fingerprint density at radius 2 is 2.13 bits per heavy atom. The largest absolute Gasteiger partial charge is 0.378 e. The third kappa shape index (κ3) is 4.75. The number of carbonyl (C=O) groups excluding carboxylic acids is 1. The molecule has 3 heterocycles. The Morgan fingerprint density at radius 3 is 2.91 bits per heavy atom. The van der Waals surface area contributed by atoms with E-state index in [2.05, 4.69) is 22.0 Å². The predicted octanol–water partition coefficient (Wildman–Crippen LogP) is 1.50. The number of piperidine rings is 1. The molecule has 1 amide bonds. The van der Waals surface area contributed by atoms with Crippen molar-refractivity contribution in [3.63, 3.8) is 0 Å². The van der Waals surface area contributed by atoms with Crippen LogP contribution in [0.25, 0.3) is 0 Å². The van der Waals surface area contributed by atoms with E-state index >= 15 is 0 Å². The summed E-state index contributed by atoms with van der Waals surface area (Å²) in [6, 6.07) is 6.24. The lowest BCUT2D eigenvalue weighted by molar-refractivity contribution is -0.136. The summed E-state index contributed by atoms with van der Waals surface area (Å²) in [4.78, 5) is 21.3. The van der Waals surface area contributed by atoms with Gasteiger partial charge >= 0.3 is 0 Å². The maximum atomic E-state index is 12.4. The Labute approximate surface area is 138 Å². The second-order valence-corrected chi connectivity index (χ2v) is 6.71. The second-order valence-electron chi connectivity index (χ2n) is 6.71. The van der Waals surface area contributed by atoms with Crippen molar-refractivity contribution < 1.29 is 9.53 Å². The molecule has 5 nitrogen and oxygen atoms in total. The first-order valence-electron chi connectivity index (χ1n) is 8.71. The molecular formula is C18H27N3O2. The molecule has 3 rings (SSSR count). The minimum absolute atomic E-state index is 0.252. The topological polar surface area (TPSA) is 45.7 Å². The highest BCUT2D eigenvalue weighted by Crippen LogP contribution is 2.20. The molecule has 0 saturated carbocycles. The van der Waals surface area contributed by atoms with Gasteiger partial charge in [-0.25, -0.2) is 0 Å². The number of rotatable bonds is 4. The van der Waals surface area contributed by atoms with E-state index in [1.165, 1.54) is 18.5 Å². The Kier molecular flexibility index (Phi) is 5.62. The molecule has 0 N–H and O–H groups in total. The fraction of sp³-hybridized carbons (Fsp3) is 0.667. The highest BCUT2D eigenvalue weighted by Gasteiger charge is 2.24. The standard InChI is InChI=1S/C18H27N3O2/c1-15-4-2-6-17(19-15)12-16-5-3-7-20(13-16)14-18(22)21-8-10-23-11-9-21/h2,4,6,16H,3,5,7-14H2,1H3/t16-/m0/s1. The van der Waals surface area contributed by atoms with Crippen molar-refractivity contribution in [2.75, 3.05) is 45.9 Å². The monoisotopic (exact) mass is 317 g/mol. The number of amides is 1. The van der Waals surface area contributed by atoms with Crippen LogP contribution in [0.5, 0.6) is 0 Å². The molecule has 0 unspecified atom stereocenters. The summed E-state index contributed by atoms with van der Waals surface area (Å²) in [7, 11) is 0. The third-order valence-corrected chi connectivity index (χ3v) is 4.77. The molecule has 126 valence electrons. The first kappa shape index (κ1) is 16.4. The van der Waals surface area contributed by atoms with E-state index in [0.717, 1.165) is 38.3 Å². The van der Waals surface area contributed by atoms with Gasteiger partial charge in [0.1, 0.15) is 0 Å². The second kappa shape index (κ2) is 7.88. The van der Waals surface area contributed by atoms with Crippen LogP contribution in [0.1, 0.15) is 24.2 Å². The molecule has 0 radical (unpaired) electrons. The van der Waals surface area contributed by atoms with E-state index in [0.29, 0.717) is 25.7 Å². The van der Waals surface area contributed by atoms with Crippen molar-refractivity contribution in [3.05, 3.63) is 29.6 Å². The number of ether oxygens (including phenoxy) is 1. The Balaban J connectivity index is 1.50. The van der Waals surface area contributed by atoms with Crippen molar-refractivity contribution >= 4 is 5.91 Å². The van der Waals surface area contributed by atoms with Crippen molar-refractivity contribution in [1.82, 2.24) is 14.8 Å². The van der Waals surface area contributed by atoms with Gasteiger partial charge in [0.15, 0.2) is 0 Å². The van der Waals surface area contributed by atoms with Crippen molar-refractivity contribution in [2.45, 2.75) is 26.2 Å². The predicted molar refractivity (Wildman–Crippen MR) is 89.2 cm³/mol. The van der Waals surface area contributed by atoms with Crippen LogP contribution in [-0.4, -0.2) is 66.6 Å². The molecule has 1 aromatic rings. The Morgan fingerprint density at radius 1 is 1.30 bits per heavy atom. The lowest BCUT2D eigenvalue weighted by Gasteiger charge is -2.34. The average molecular weight is 317 g/mol. The summed E-state index contributed by atoms with van der Waals surface area (Å²) in [6.45, 7) is 7.46. The molecule has 23 heavy (non-hydrogen) atoms. The van der Waals surface area contributed by atoms with Crippen LogP contribution in [0.2, 0.25) is 0 Å². The molecule has 0 aromatic carbocycles. The van der Waals surface area contributed by atoms with E-state index < -0.39 is 0 Å². The van der Waals surface area contributed by atoms with Crippen molar-refractivity contribution in [1.29, 1.82) is 0 Å². The number of nitrogens with zero attached hydrogens (tertiary/aromatic N) is 3. The fourth-order valence-corrected chi connectivity index (χ4v) is 3.57. The molecule has 5 heteroatoms. The molecule has 0 spiro atoms. The molecule has 2 aliphatic rings. The fourth-order valence-electron chi connectivity index (χ4n) is 3.57. The summed E-state index contributed by atoms with van der Waals surface area (Å²) < 4.78 is 5.32. The lowest BCUT2D eigenvalue weighted by atomic mass is 9.93. The normalized spacial score (nSPS) is 23.0. The summed E-state index contributed by atoms with van der Waals surface area (Å²) in [5, 5.41) is 0. The van der Waals surface area contributed by atoms with E-state index in [1.54, 1.807) is 0 Å². The van der Waals surface area contributed by atoms with E-state index in [1.807, 2.05) is 17.9 Å². The Bertz CT molecular complexity index is 529. The lowest BCUT2D eigenvalue weighted by Crippen LogP contribution is -2.48. The zero-order valence-electron chi connectivity index (χ0n) is 14.0. The van der Waals surface area contributed by atoms with Gasteiger partial charge in [0, 0.05) is 31.0 Å². The zero-order valence-corrected chi connectivity index (χ0v) is 14.0. The van der Waals surface area contributed by atoms with Crippen LogP contribution >= 0.6 is 0 Å². The number of morpholine rings is 1. The molecule has 0 bridgehead atoms. The highest BCUT2D eigenvalue weighted by atomic mass is 16.5. The Hall–Kier alpha value is -1.46. The van der Waals surface area contributed by atoms with Gasteiger partial charge in [-0.05, 0) is 50.8 Å². The molecule has 2 aliphatic heterocycles. The highest BCUT2D eigenvalue weighted by molar-refractivity contribution is 5.78. The summed E-state index contributed by atoms with van der Waals surface area (Å²) in [5.41, 5.74) is 2.26. The number of hydrogen-bond acceptors (Lipinski definition) is 4. The van der Waals surface area contributed by atoms with Crippen molar-refractivity contribution in [3.8, 4) is 0 Å². The molecular weight excluding hydrogens is 290 g/mol.